The lowest BCUT2D eigenvalue weighted by Crippen LogP contribution is -2.29. The quantitative estimate of drug-likeness (QED) is 0.104. The van der Waals surface area contributed by atoms with E-state index < -0.39 is 7.12 Å². The molecule has 2 N–H and O–H groups in total. The topological polar surface area (TPSA) is 92.0 Å². The molecule has 6 nitrogen and oxygen atoms in total. The van der Waals surface area contributed by atoms with Gasteiger partial charge in [0, 0.05) is 43.6 Å². The number of hydrogen-bond acceptors (Lipinski definition) is 6. The zero-order valence-electron chi connectivity index (χ0n) is 34.0. The van der Waals surface area contributed by atoms with Gasteiger partial charge in [-0.1, -0.05) is 160 Å². The van der Waals surface area contributed by atoms with Crippen LogP contribution in [0.2, 0.25) is 25.8 Å². The molecule has 2 heterocycles. The molecule has 10 rings (SSSR count). The Morgan fingerprint density at radius 3 is 1.31 bits per heavy atom. The lowest BCUT2D eigenvalue weighted by Gasteiger charge is -2.21. The summed E-state index contributed by atoms with van der Waals surface area (Å²) in [5, 5.41) is 19.2. The fourth-order valence-electron chi connectivity index (χ4n) is 8.29. The molecule has 0 radical (unpaired) electrons. The third-order valence-corrected chi connectivity index (χ3v) is 12.4. The molecular weight excluding hydrogens is 877 g/mol. The van der Waals surface area contributed by atoms with Gasteiger partial charge in [0.05, 0.1) is 17.1 Å². The third kappa shape index (κ3) is 8.77. The van der Waals surface area contributed by atoms with E-state index in [1.54, 1.807) is 24.3 Å². The van der Waals surface area contributed by atoms with Crippen LogP contribution >= 0.6 is 58.0 Å². The number of fused-ring (bicyclic) bond motifs is 6. The van der Waals surface area contributed by atoms with Crippen LogP contribution in [0.3, 0.4) is 0 Å². The van der Waals surface area contributed by atoms with Gasteiger partial charge in [-0.05, 0) is 116 Å². The maximum absolute atomic E-state index is 8.65. The molecule has 0 atom stereocenters. The van der Waals surface area contributed by atoms with Crippen LogP contribution in [0.1, 0.15) is 49.9 Å². The van der Waals surface area contributed by atoms with Crippen LogP contribution in [-0.4, -0.2) is 37.1 Å². The summed E-state index contributed by atoms with van der Waals surface area (Å²) in [5.41, 5.74) is 16.0. The Morgan fingerprint density at radius 2 is 0.839 bits per heavy atom. The van der Waals surface area contributed by atoms with Crippen LogP contribution in [0.25, 0.3) is 56.0 Å². The van der Waals surface area contributed by atoms with Gasteiger partial charge in [0.1, 0.15) is 5.15 Å². The Bertz CT molecular complexity index is 2970. The molecule has 2 aromatic heterocycles. The molecule has 6 aromatic carbocycles. The number of hydrogen-bond donors (Lipinski definition) is 2. The minimum absolute atomic E-state index is 0.0391. The Balaban J connectivity index is 0.000000143. The van der Waals surface area contributed by atoms with Crippen LogP contribution in [0.4, 0.5) is 0 Å². The zero-order chi connectivity index (χ0) is 43.9. The zero-order valence-corrected chi connectivity index (χ0v) is 37.8. The molecule has 0 spiro atoms. The fourth-order valence-corrected chi connectivity index (χ4v) is 9.27. The Morgan fingerprint density at radius 1 is 0.403 bits per heavy atom. The first-order valence-electron chi connectivity index (χ1n) is 19.7. The van der Waals surface area contributed by atoms with E-state index in [2.05, 4.69) is 133 Å². The minimum Gasteiger partial charge on any atom is -0.423 e. The Hall–Kier alpha value is -5.09. The molecule has 0 amide bonds. The van der Waals surface area contributed by atoms with Crippen molar-refractivity contribution >= 4 is 70.6 Å². The smallest absolute Gasteiger partial charge is 0.423 e. The SMILES string of the molecule is CC1(C)c2ccccc2-c2ccc(-c3cc(-c4cccc(Cl)c4)nc(Cl)n3)cc21.CC1(C)c2ccccc2-c2ccc(-c3cc(Cl)nc(Cl)n3)cc21.OB(O)c1cccc(Cl)c1. The molecule has 12 heteroatoms. The monoisotopic (exact) mass is 912 g/mol. The van der Waals surface area contributed by atoms with Gasteiger partial charge in [-0.3, -0.25) is 0 Å². The standard InChI is InChI=1S/C25H18Cl2N2.C19H14Cl2N2.C6H6BClO2/c1-25(2)20-9-4-3-8-18(20)19-11-10-16(13-21(19)25)23-14-22(28-24(27)29-23)15-6-5-7-17(26)12-15;1-19(2)14-6-4-3-5-12(14)13-8-7-11(9-15(13)19)16-10-17(20)23-18(21)22-16;8-6-3-1-2-5(4-6)7(9)10/h3-14H,1-2H3;3-10H,1-2H3;1-4,9-10H. The van der Waals surface area contributed by atoms with E-state index in [1.165, 1.54) is 50.6 Å². The van der Waals surface area contributed by atoms with Crippen molar-refractivity contribution in [2.24, 2.45) is 0 Å². The van der Waals surface area contributed by atoms with E-state index >= 15 is 0 Å². The van der Waals surface area contributed by atoms with Crippen LogP contribution < -0.4 is 5.46 Å². The van der Waals surface area contributed by atoms with Crippen molar-refractivity contribution in [3.05, 3.63) is 194 Å². The van der Waals surface area contributed by atoms with Gasteiger partial charge in [-0.25, -0.2) is 19.9 Å². The van der Waals surface area contributed by atoms with Gasteiger partial charge in [0.2, 0.25) is 10.6 Å². The summed E-state index contributed by atoms with van der Waals surface area (Å²) in [6.45, 7) is 9.04. The summed E-state index contributed by atoms with van der Waals surface area (Å²) in [6.07, 6.45) is 0. The molecule has 0 fully saturated rings. The van der Waals surface area contributed by atoms with Crippen molar-refractivity contribution in [2.75, 3.05) is 0 Å². The summed E-state index contributed by atoms with van der Waals surface area (Å²) in [6, 6.07) is 47.8. The Labute approximate surface area is 386 Å². The van der Waals surface area contributed by atoms with Crippen molar-refractivity contribution in [1.29, 1.82) is 0 Å². The first-order valence-corrected chi connectivity index (χ1v) is 21.6. The van der Waals surface area contributed by atoms with E-state index in [4.69, 9.17) is 68.1 Å². The van der Waals surface area contributed by atoms with Gasteiger partial charge in [-0.15, -0.1) is 0 Å². The number of benzene rings is 6. The molecular formula is C50H38BCl5N4O2. The summed E-state index contributed by atoms with van der Waals surface area (Å²) >= 11 is 30.0. The number of nitrogens with zero attached hydrogens (tertiary/aromatic N) is 4. The van der Waals surface area contributed by atoms with Gasteiger partial charge in [-0.2, -0.15) is 0 Å². The lowest BCUT2D eigenvalue weighted by molar-refractivity contribution is 0.426. The minimum atomic E-state index is -1.43. The fraction of sp³-hybridized carbons (Fsp3) is 0.120. The third-order valence-electron chi connectivity index (χ3n) is 11.4. The summed E-state index contributed by atoms with van der Waals surface area (Å²) in [4.78, 5) is 17.1. The van der Waals surface area contributed by atoms with Crippen LogP contribution in [0, 0.1) is 0 Å². The van der Waals surface area contributed by atoms with Crippen molar-refractivity contribution in [1.82, 2.24) is 19.9 Å². The van der Waals surface area contributed by atoms with Gasteiger partial charge < -0.3 is 10.0 Å². The second-order valence-electron chi connectivity index (χ2n) is 16.1. The molecule has 0 saturated carbocycles. The number of aromatic nitrogens is 4. The molecule has 2 aliphatic rings. The molecule has 0 unspecified atom stereocenters. The van der Waals surface area contributed by atoms with Crippen LogP contribution in [0.15, 0.2) is 146 Å². The highest BCUT2D eigenvalue weighted by molar-refractivity contribution is 6.59. The second-order valence-corrected chi connectivity index (χ2v) is 18.0. The van der Waals surface area contributed by atoms with Crippen molar-refractivity contribution in [3.8, 4) is 56.0 Å². The first kappa shape index (κ1) is 43.6. The van der Waals surface area contributed by atoms with E-state index in [1.807, 2.05) is 30.3 Å². The van der Waals surface area contributed by atoms with Crippen molar-refractivity contribution in [2.45, 2.75) is 38.5 Å². The lowest BCUT2D eigenvalue weighted by atomic mass is 9.81. The summed E-state index contributed by atoms with van der Waals surface area (Å²) in [5.74, 6) is 0. The van der Waals surface area contributed by atoms with Crippen LogP contribution in [-0.2, 0) is 10.8 Å². The van der Waals surface area contributed by atoms with E-state index in [0.29, 0.717) is 20.7 Å². The molecule has 0 saturated heterocycles. The number of halogens is 5. The summed E-state index contributed by atoms with van der Waals surface area (Å²) in [7, 11) is -1.43. The highest BCUT2D eigenvalue weighted by Gasteiger charge is 2.36. The highest BCUT2D eigenvalue weighted by Crippen LogP contribution is 2.50. The Kier molecular flexibility index (Phi) is 12.4. The second kappa shape index (κ2) is 17.6. The van der Waals surface area contributed by atoms with E-state index in [0.717, 1.165) is 33.8 Å². The van der Waals surface area contributed by atoms with E-state index in [-0.39, 0.29) is 21.4 Å². The first-order chi connectivity index (χ1) is 29.6. The van der Waals surface area contributed by atoms with Gasteiger partial charge in [0.25, 0.3) is 0 Å². The normalized spacial score (nSPS) is 13.3. The predicted octanol–water partition coefficient (Wildman–Crippen LogP) is 13.2. The average molecular weight is 915 g/mol. The molecule has 0 aliphatic heterocycles. The van der Waals surface area contributed by atoms with E-state index in [9.17, 15) is 0 Å². The van der Waals surface area contributed by atoms with Crippen molar-refractivity contribution in [3.63, 3.8) is 0 Å². The van der Waals surface area contributed by atoms with Crippen molar-refractivity contribution < 1.29 is 10.0 Å². The molecule has 308 valence electrons. The largest absolute Gasteiger partial charge is 0.488 e. The maximum atomic E-state index is 8.65. The number of rotatable bonds is 4. The highest BCUT2D eigenvalue weighted by atomic mass is 35.5. The molecule has 8 aromatic rings. The molecule has 62 heavy (non-hydrogen) atoms. The summed E-state index contributed by atoms with van der Waals surface area (Å²) < 4.78 is 0. The maximum Gasteiger partial charge on any atom is 0.488 e. The average Bonchev–Trinajstić information content (AvgIpc) is 3.62. The van der Waals surface area contributed by atoms with Crippen LogP contribution in [0.5, 0.6) is 0 Å². The molecule has 0 bridgehead atoms. The molecule has 2 aliphatic carbocycles. The van der Waals surface area contributed by atoms with Gasteiger partial charge in [0.15, 0.2) is 0 Å². The predicted molar refractivity (Wildman–Crippen MR) is 257 cm³/mol. The van der Waals surface area contributed by atoms with Gasteiger partial charge >= 0.3 is 7.12 Å².